The standard InChI is InChI=1S/C12H15N5S2/c1-6-9(13-3)15-10(8-4-5-8)16-11(6)18-12-14-7(2)17-19-12/h8H,4-5H2,1-3H3,(H,13,15,16). The van der Waals surface area contributed by atoms with Gasteiger partial charge in [-0.25, -0.2) is 15.0 Å². The summed E-state index contributed by atoms with van der Waals surface area (Å²) < 4.78 is 5.14. The average Bonchev–Trinajstić information content (AvgIpc) is 3.16. The van der Waals surface area contributed by atoms with Crippen LogP contribution >= 0.6 is 23.3 Å². The highest BCUT2D eigenvalue weighted by molar-refractivity contribution is 8.00. The second-order valence-corrected chi connectivity index (χ2v) is 6.58. The molecule has 2 aromatic rings. The van der Waals surface area contributed by atoms with E-state index in [0.29, 0.717) is 5.92 Å². The maximum absolute atomic E-state index is 4.70. The summed E-state index contributed by atoms with van der Waals surface area (Å²) >= 11 is 3.00. The van der Waals surface area contributed by atoms with E-state index in [1.807, 2.05) is 20.9 Å². The van der Waals surface area contributed by atoms with Gasteiger partial charge in [0.25, 0.3) is 0 Å². The molecule has 0 amide bonds. The molecule has 100 valence electrons. The fraction of sp³-hybridized carbons (Fsp3) is 0.500. The monoisotopic (exact) mass is 293 g/mol. The molecule has 1 aliphatic rings. The topological polar surface area (TPSA) is 63.6 Å². The van der Waals surface area contributed by atoms with Gasteiger partial charge in [-0.2, -0.15) is 4.37 Å². The number of nitrogens with zero attached hydrogens (tertiary/aromatic N) is 4. The lowest BCUT2D eigenvalue weighted by Crippen LogP contribution is -2.03. The Morgan fingerprint density at radius 1 is 1.21 bits per heavy atom. The molecule has 0 atom stereocenters. The number of aromatic nitrogens is 4. The molecule has 1 fully saturated rings. The van der Waals surface area contributed by atoms with Gasteiger partial charge in [-0.05, 0) is 50.0 Å². The molecular weight excluding hydrogens is 278 g/mol. The van der Waals surface area contributed by atoms with Crippen molar-refractivity contribution in [1.82, 2.24) is 19.3 Å². The molecule has 0 spiro atoms. The van der Waals surface area contributed by atoms with Gasteiger partial charge in [0.05, 0.1) is 0 Å². The molecule has 2 aromatic heterocycles. The first kappa shape index (κ1) is 12.8. The lowest BCUT2D eigenvalue weighted by Gasteiger charge is -2.10. The predicted octanol–water partition coefficient (Wildman–Crippen LogP) is 3.02. The van der Waals surface area contributed by atoms with Crippen molar-refractivity contribution in [1.29, 1.82) is 0 Å². The van der Waals surface area contributed by atoms with E-state index in [0.717, 1.165) is 32.4 Å². The van der Waals surface area contributed by atoms with Gasteiger partial charge < -0.3 is 5.32 Å². The average molecular weight is 293 g/mol. The molecule has 0 saturated heterocycles. The zero-order valence-corrected chi connectivity index (χ0v) is 12.7. The molecule has 1 saturated carbocycles. The molecule has 2 heterocycles. The summed E-state index contributed by atoms with van der Waals surface area (Å²) in [6, 6.07) is 0. The lowest BCUT2D eigenvalue weighted by atomic mass is 10.3. The van der Waals surface area contributed by atoms with Gasteiger partial charge in [-0.15, -0.1) is 0 Å². The van der Waals surface area contributed by atoms with Crippen LogP contribution in [-0.4, -0.2) is 26.4 Å². The van der Waals surface area contributed by atoms with E-state index in [4.69, 9.17) is 4.98 Å². The Balaban J connectivity index is 1.96. The highest BCUT2D eigenvalue weighted by Crippen LogP contribution is 2.41. The molecule has 1 aliphatic carbocycles. The van der Waals surface area contributed by atoms with Crippen LogP contribution in [0.4, 0.5) is 5.82 Å². The van der Waals surface area contributed by atoms with Crippen LogP contribution in [0.3, 0.4) is 0 Å². The molecule has 19 heavy (non-hydrogen) atoms. The molecule has 0 radical (unpaired) electrons. The van der Waals surface area contributed by atoms with Crippen LogP contribution in [-0.2, 0) is 0 Å². The van der Waals surface area contributed by atoms with Gasteiger partial charge in [0.1, 0.15) is 22.5 Å². The summed E-state index contributed by atoms with van der Waals surface area (Å²) in [7, 11) is 1.90. The van der Waals surface area contributed by atoms with E-state index in [1.54, 1.807) is 11.8 Å². The Morgan fingerprint density at radius 2 is 2.00 bits per heavy atom. The summed E-state index contributed by atoms with van der Waals surface area (Å²) in [4.78, 5) is 13.7. The number of nitrogens with one attached hydrogen (secondary N) is 1. The first-order chi connectivity index (χ1) is 9.17. The fourth-order valence-corrected chi connectivity index (χ4v) is 3.44. The molecule has 3 rings (SSSR count). The van der Waals surface area contributed by atoms with Crippen molar-refractivity contribution in [2.75, 3.05) is 12.4 Å². The van der Waals surface area contributed by atoms with Crippen molar-refractivity contribution >= 4 is 29.1 Å². The minimum Gasteiger partial charge on any atom is -0.373 e. The quantitative estimate of drug-likeness (QED) is 0.874. The Kier molecular flexibility index (Phi) is 3.40. The highest BCUT2D eigenvalue weighted by atomic mass is 32.2. The summed E-state index contributed by atoms with van der Waals surface area (Å²) in [6.07, 6.45) is 2.41. The van der Waals surface area contributed by atoms with E-state index in [2.05, 4.69) is 19.7 Å². The van der Waals surface area contributed by atoms with Crippen LogP contribution < -0.4 is 5.32 Å². The molecule has 0 aliphatic heterocycles. The van der Waals surface area contributed by atoms with Crippen molar-refractivity contribution in [2.24, 2.45) is 0 Å². The van der Waals surface area contributed by atoms with Crippen LogP contribution in [0.25, 0.3) is 0 Å². The van der Waals surface area contributed by atoms with E-state index >= 15 is 0 Å². The second-order valence-electron chi connectivity index (χ2n) is 4.59. The summed E-state index contributed by atoms with van der Waals surface area (Å²) in [5, 5.41) is 4.14. The van der Waals surface area contributed by atoms with Gasteiger partial charge in [0, 0.05) is 18.5 Å². The van der Waals surface area contributed by atoms with Gasteiger partial charge in [0.2, 0.25) is 0 Å². The summed E-state index contributed by atoms with van der Waals surface area (Å²) in [5.41, 5.74) is 1.07. The van der Waals surface area contributed by atoms with Crippen molar-refractivity contribution in [3.05, 3.63) is 17.2 Å². The Morgan fingerprint density at radius 3 is 2.58 bits per heavy atom. The second kappa shape index (κ2) is 5.05. The minimum absolute atomic E-state index is 0.545. The van der Waals surface area contributed by atoms with Gasteiger partial charge in [-0.3, -0.25) is 0 Å². The van der Waals surface area contributed by atoms with Crippen molar-refractivity contribution in [3.63, 3.8) is 0 Å². The SMILES string of the molecule is CNc1nc(C2CC2)nc(Sc2nc(C)ns2)c1C. The van der Waals surface area contributed by atoms with Crippen LogP contribution in [0.5, 0.6) is 0 Å². The third kappa shape index (κ3) is 2.71. The normalized spacial score (nSPS) is 14.7. The summed E-state index contributed by atoms with van der Waals surface area (Å²) in [5.74, 6) is 3.23. The van der Waals surface area contributed by atoms with Crippen molar-refractivity contribution in [3.8, 4) is 0 Å². The molecule has 1 N–H and O–H groups in total. The smallest absolute Gasteiger partial charge is 0.176 e. The van der Waals surface area contributed by atoms with Gasteiger partial charge in [0.15, 0.2) is 4.34 Å². The van der Waals surface area contributed by atoms with Crippen molar-refractivity contribution in [2.45, 2.75) is 42.0 Å². The van der Waals surface area contributed by atoms with E-state index in [9.17, 15) is 0 Å². The minimum atomic E-state index is 0.545. The molecule has 5 nitrogen and oxygen atoms in total. The Labute approximate surface area is 120 Å². The number of anilines is 1. The van der Waals surface area contributed by atoms with Gasteiger partial charge >= 0.3 is 0 Å². The lowest BCUT2D eigenvalue weighted by molar-refractivity contribution is 0.864. The van der Waals surface area contributed by atoms with Crippen LogP contribution in [0.2, 0.25) is 0 Å². The molecule has 0 aromatic carbocycles. The largest absolute Gasteiger partial charge is 0.373 e. The number of aryl methyl sites for hydroxylation is 1. The third-order valence-corrected chi connectivity index (χ3v) is 4.92. The molecule has 0 bridgehead atoms. The van der Waals surface area contributed by atoms with Crippen LogP contribution in [0.15, 0.2) is 9.37 Å². The molecule has 7 heteroatoms. The third-order valence-electron chi connectivity index (χ3n) is 2.99. The Hall–Kier alpha value is -1.21. The zero-order valence-electron chi connectivity index (χ0n) is 11.1. The van der Waals surface area contributed by atoms with Crippen LogP contribution in [0.1, 0.15) is 36.0 Å². The highest BCUT2D eigenvalue weighted by Gasteiger charge is 2.28. The maximum atomic E-state index is 4.70. The van der Waals surface area contributed by atoms with E-state index < -0.39 is 0 Å². The first-order valence-electron chi connectivity index (χ1n) is 6.22. The predicted molar refractivity (Wildman–Crippen MR) is 77.1 cm³/mol. The maximum Gasteiger partial charge on any atom is 0.176 e. The number of hydrogen-bond donors (Lipinski definition) is 1. The number of rotatable bonds is 4. The molecule has 0 unspecified atom stereocenters. The van der Waals surface area contributed by atoms with Gasteiger partial charge in [-0.1, -0.05) is 0 Å². The Bertz CT molecular complexity index is 606. The summed E-state index contributed by atoms with van der Waals surface area (Å²) in [6.45, 7) is 3.95. The fourth-order valence-electron chi connectivity index (χ4n) is 1.78. The van der Waals surface area contributed by atoms with Crippen LogP contribution in [0, 0.1) is 13.8 Å². The molecular formula is C12H15N5S2. The first-order valence-corrected chi connectivity index (χ1v) is 7.81. The zero-order chi connectivity index (χ0) is 13.4. The van der Waals surface area contributed by atoms with Crippen molar-refractivity contribution < 1.29 is 0 Å². The number of hydrogen-bond acceptors (Lipinski definition) is 7. The van der Waals surface area contributed by atoms with E-state index in [1.165, 1.54) is 24.4 Å². The van der Waals surface area contributed by atoms with E-state index in [-0.39, 0.29) is 0 Å².